The second-order valence-electron chi connectivity index (χ2n) is 7.77. The van der Waals surface area contributed by atoms with E-state index in [1.807, 2.05) is 67.6 Å². The first-order valence-corrected chi connectivity index (χ1v) is 10.5. The maximum Gasteiger partial charge on any atom is 0.418 e. The van der Waals surface area contributed by atoms with E-state index in [2.05, 4.69) is 10.2 Å². The zero-order valence-electron chi connectivity index (χ0n) is 18.8. The molecule has 6 nitrogen and oxygen atoms in total. The van der Waals surface area contributed by atoms with Gasteiger partial charge >= 0.3 is 6.18 Å². The number of benzene rings is 2. The van der Waals surface area contributed by atoms with Crippen LogP contribution in [-0.2, 0) is 13.1 Å². The SMILES string of the molecule is Cc1nn(Cc2ccccc2)cc1C(O)C(F)(F)F.Cc1nn(Cc2ccccc2)cc1C=O. The van der Waals surface area contributed by atoms with E-state index in [1.54, 1.807) is 10.9 Å². The summed E-state index contributed by atoms with van der Waals surface area (Å²) in [4.78, 5) is 10.6. The normalized spacial score (nSPS) is 12.1. The Balaban J connectivity index is 0.000000196. The zero-order valence-corrected chi connectivity index (χ0v) is 18.8. The molecule has 1 N–H and O–H groups in total. The van der Waals surface area contributed by atoms with Crippen LogP contribution in [0.15, 0.2) is 73.1 Å². The summed E-state index contributed by atoms with van der Waals surface area (Å²) in [5, 5.41) is 17.5. The second kappa shape index (κ2) is 10.9. The van der Waals surface area contributed by atoms with Crippen LogP contribution in [0.25, 0.3) is 0 Å². The predicted molar refractivity (Wildman–Crippen MR) is 121 cm³/mol. The molecular formula is C25H25F3N4O2. The summed E-state index contributed by atoms with van der Waals surface area (Å²) in [5.74, 6) is 0. The van der Waals surface area contributed by atoms with Crippen molar-refractivity contribution in [3.05, 3.63) is 107 Å². The number of rotatable bonds is 6. The molecule has 0 fully saturated rings. The minimum atomic E-state index is -4.68. The van der Waals surface area contributed by atoms with Crippen molar-refractivity contribution in [1.82, 2.24) is 19.6 Å². The number of nitrogens with zero attached hydrogens (tertiary/aromatic N) is 4. The standard InChI is InChI=1S/C13H13F3N2O.C12H12N2O/c1-9-11(12(19)13(14,15)16)8-18(17-9)7-10-5-3-2-4-6-10;1-10-12(9-15)8-14(13-10)7-11-5-3-2-4-6-11/h2-6,8,12,19H,7H2,1H3;2-6,8-9H,7H2,1H3. The Bertz CT molecular complexity index is 1200. The molecule has 0 aliphatic carbocycles. The van der Waals surface area contributed by atoms with Crippen molar-refractivity contribution < 1.29 is 23.1 Å². The Hall–Kier alpha value is -3.72. The molecule has 4 rings (SSSR count). The highest BCUT2D eigenvalue weighted by Crippen LogP contribution is 2.33. The number of hydrogen-bond acceptors (Lipinski definition) is 4. The third-order valence-electron chi connectivity index (χ3n) is 5.08. The molecule has 0 amide bonds. The smallest absolute Gasteiger partial charge is 0.379 e. The highest BCUT2D eigenvalue weighted by Gasteiger charge is 2.41. The summed E-state index contributed by atoms with van der Waals surface area (Å²) in [6.45, 7) is 4.36. The number of aliphatic hydroxyl groups is 1. The van der Waals surface area contributed by atoms with Crippen LogP contribution in [0.5, 0.6) is 0 Å². The molecule has 0 spiro atoms. The van der Waals surface area contributed by atoms with Gasteiger partial charge in [-0.25, -0.2) is 0 Å². The van der Waals surface area contributed by atoms with Crippen molar-refractivity contribution in [2.45, 2.75) is 39.2 Å². The molecule has 0 saturated heterocycles. The van der Waals surface area contributed by atoms with Crippen molar-refractivity contribution in [3.63, 3.8) is 0 Å². The van der Waals surface area contributed by atoms with Gasteiger partial charge in [-0.1, -0.05) is 60.7 Å². The molecule has 2 aromatic carbocycles. The van der Waals surface area contributed by atoms with Gasteiger partial charge in [0.2, 0.25) is 0 Å². The summed E-state index contributed by atoms with van der Waals surface area (Å²) >= 11 is 0. The van der Waals surface area contributed by atoms with E-state index in [4.69, 9.17) is 0 Å². The number of alkyl halides is 3. The molecule has 9 heteroatoms. The maximum atomic E-state index is 12.5. The summed E-state index contributed by atoms with van der Waals surface area (Å²) in [6.07, 6.45) is -3.32. The summed E-state index contributed by atoms with van der Waals surface area (Å²) in [6, 6.07) is 19.3. The van der Waals surface area contributed by atoms with Crippen molar-refractivity contribution in [3.8, 4) is 0 Å². The largest absolute Gasteiger partial charge is 0.418 e. The van der Waals surface area contributed by atoms with E-state index < -0.39 is 12.3 Å². The summed E-state index contributed by atoms with van der Waals surface area (Å²) in [7, 11) is 0. The quantitative estimate of drug-likeness (QED) is 0.408. The van der Waals surface area contributed by atoms with Crippen LogP contribution < -0.4 is 0 Å². The number of hydrogen-bond donors (Lipinski definition) is 1. The molecule has 34 heavy (non-hydrogen) atoms. The van der Waals surface area contributed by atoms with Gasteiger partial charge in [0.25, 0.3) is 0 Å². The first kappa shape index (κ1) is 24.9. The molecule has 178 valence electrons. The first-order chi connectivity index (χ1) is 16.2. The molecule has 4 aromatic rings. The molecule has 2 heterocycles. The minimum absolute atomic E-state index is 0.181. The van der Waals surface area contributed by atoms with E-state index in [0.29, 0.717) is 18.7 Å². The van der Waals surface area contributed by atoms with Gasteiger partial charge in [0.05, 0.1) is 30.0 Å². The molecule has 2 aromatic heterocycles. The number of aliphatic hydroxyl groups excluding tert-OH is 1. The van der Waals surface area contributed by atoms with Gasteiger partial charge in [-0.15, -0.1) is 0 Å². The van der Waals surface area contributed by atoms with E-state index >= 15 is 0 Å². The Labute approximate surface area is 195 Å². The lowest BCUT2D eigenvalue weighted by atomic mass is 10.1. The third-order valence-corrected chi connectivity index (χ3v) is 5.08. The van der Waals surface area contributed by atoms with Crippen molar-refractivity contribution in [2.24, 2.45) is 0 Å². The molecular weight excluding hydrogens is 445 g/mol. The van der Waals surface area contributed by atoms with Gasteiger partial charge in [-0.2, -0.15) is 23.4 Å². The lowest BCUT2D eigenvalue weighted by molar-refractivity contribution is -0.207. The van der Waals surface area contributed by atoms with E-state index in [1.165, 1.54) is 23.4 Å². The van der Waals surface area contributed by atoms with E-state index in [9.17, 15) is 23.1 Å². The van der Waals surface area contributed by atoms with Crippen molar-refractivity contribution in [1.29, 1.82) is 0 Å². The van der Waals surface area contributed by atoms with Crippen LogP contribution in [-0.4, -0.2) is 37.1 Å². The average molecular weight is 470 g/mol. The summed E-state index contributed by atoms with van der Waals surface area (Å²) < 4.78 is 40.6. The van der Waals surface area contributed by atoms with E-state index in [-0.39, 0.29) is 11.3 Å². The third kappa shape index (κ3) is 6.64. The highest BCUT2D eigenvalue weighted by atomic mass is 19.4. The predicted octanol–water partition coefficient (Wildman–Crippen LogP) is 4.89. The Kier molecular flexibility index (Phi) is 8.01. The average Bonchev–Trinajstić information content (AvgIpc) is 3.35. The second-order valence-corrected chi connectivity index (χ2v) is 7.77. The summed E-state index contributed by atoms with van der Waals surface area (Å²) in [5.41, 5.74) is 3.52. The molecule has 0 saturated carbocycles. The fraction of sp³-hybridized carbons (Fsp3) is 0.240. The monoisotopic (exact) mass is 470 g/mol. The van der Waals surface area contributed by atoms with Crippen LogP contribution in [0.3, 0.4) is 0 Å². The fourth-order valence-electron chi connectivity index (χ4n) is 3.33. The minimum Gasteiger partial charge on any atom is -0.379 e. The van der Waals surface area contributed by atoms with Crippen LogP contribution >= 0.6 is 0 Å². The van der Waals surface area contributed by atoms with Crippen LogP contribution in [0, 0.1) is 13.8 Å². The maximum absolute atomic E-state index is 12.5. The zero-order chi connectivity index (χ0) is 24.7. The van der Waals surface area contributed by atoms with Gasteiger partial charge in [0.15, 0.2) is 12.4 Å². The lowest BCUT2D eigenvalue weighted by Crippen LogP contribution is -2.20. The van der Waals surface area contributed by atoms with Gasteiger partial charge in [-0.05, 0) is 25.0 Å². The number of aldehydes is 1. The molecule has 0 radical (unpaired) electrons. The van der Waals surface area contributed by atoms with Gasteiger partial charge in [0.1, 0.15) is 0 Å². The first-order valence-electron chi connectivity index (χ1n) is 10.5. The number of halogens is 3. The van der Waals surface area contributed by atoms with Crippen LogP contribution in [0.4, 0.5) is 13.2 Å². The topological polar surface area (TPSA) is 72.9 Å². The lowest BCUT2D eigenvalue weighted by Gasteiger charge is -2.13. The molecule has 0 aliphatic heterocycles. The molecule has 0 bridgehead atoms. The van der Waals surface area contributed by atoms with Gasteiger partial charge < -0.3 is 5.11 Å². The van der Waals surface area contributed by atoms with Crippen molar-refractivity contribution in [2.75, 3.05) is 0 Å². The highest BCUT2D eigenvalue weighted by molar-refractivity contribution is 5.75. The van der Waals surface area contributed by atoms with Crippen LogP contribution in [0.1, 0.15) is 44.5 Å². The van der Waals surface area contributed by atoms with Crippen LogP contribution in [0.2, 0.25) is 0 Å². The Morgan fingerprint density at radius 3 is 1.76 bits per heavy atom. The molecule has 1 unspecified atom stereocenters. The van der Waals surface area contributed by atoms with E-state index in [0.717, 1.165) is 17.5 Å². The van der Waals surface area contributed by atoms with Gasteiger partial charge in [0, 0.05) is 18.0 Å². The molecule has 1 atom stereocenters. The number of carbonyl (C=O) groups is 1. The van der Waals surface area contributed by atoms with Crippen molar-refractivity contribution >= 4 is 6.29 Å². The number of aryl methyl sites for hydroxylation is 2. The van der Waals surface area contributed by atoms with Gasteiger partial charge in [-0.3, -0.25) is 14.2 Å². The fourth-order valence-corrected chi connectivity index (χ4v) is 3.33. The molecule has 0 aliphatic rings. The Morgan fingerprint density at radius 1 is 0.853 bits per heavy atom. The number of carbonyl (C=O) groups excluding carboxylic acids is 1. The number of aromatic nitrogens is 4. The Morgan fingerprint density at radius 2 is 1.32 bits per heavy atom.